The number of ether oxygens (including phenoxy) is 1. The third-order valence-electron chi connectivity index (χ3n) is 3.44. The molecule has 6 heteroatoms. The van der Waals surface area contributed by atoms with Crippen molar-refractivity contribution < 1.29 is 9.53 Å². The molecule has 1 fully saturated rings. The first-order valence-electron chi connectivity index (χ1n) is 7.40. The molecular weight excluding hydrogens is 323 g/mol. The Morgan fingerprint density at radius 1 is 1.41 bits per heavy atom. The number of halogens is 2. The van der Waals surface area contributed by atoms with Gasteiger partial charge >= 0.3 is 6.09 Å². The summed E-state index contributed by atoms with van der Waals surface area (Å²) >= 11 is 12.3. The van der Waals surface area contributed by atoms with E-state index < -0.39 is 5.60 Å². The van der Waals surface area contributed by atoms with Crippen molar-refractivity contribution in [1.29, 1.82) is 0 Å². The van der Waals surface area contributed by atoms with E-state index >= 15 is 0 Å². The van der Waals surface area contributed by atoms with Gasteiger partial charge in [-0.2, -0.15) is 0 Å². The van der Waals surface area contributed by atoms with Crippen LogP contribution in [0.3, 0.4) is 0 Å². The average Bonchev–Trinajstić information content (AvgIpc) is 2.41. The zero-order valence-electron chi connectivity index (χ0n) is 13.2. The first kappa shape index (κ1) is 17.4. The Labute approximate surface area is 141 Å². The largest absolute Gasteiger partial charge is 0.444 e. The van der Waals surface area contributed by atoms with Gasteiger partial charge in [-0.1, -0.05) is 23.2 Å². The lowest BCUT2D eigenvalue weighted by Gasteiger charge is -2.37. The van der Waals surface area contributed by atoms with Gasteiger partial charge in [0.1, 0.15) is 5.60 Å². The molecule has 22 heavy (non-hydrogen) atoms. The number of hydrogen-bond donors (Lipinski definition) is 1. The minimum absolute atomic E-state index is 0.000401. The maximum Gasteiger partial charge on any atom is 0.410 e. The van der Waals surface area contributed by atoms with E-state index in [4.69, 9.17) is 27.9 Å². The fourth-order valence-electron chi connectivity index (χ4n) is 2.46. The molecule has 1 heterocycles. The fourth-order valence-corrected chi connectivity index (χ4v) is 2.85. The zero-order chi connectivity index (χ0) is 16.3. The van der Waals surface area contributed by atoms with E-state index in [0.29, 0.717) is 29.6 Å². The summed E-state index contributed by atoms with van der Waals surface area (Å²) in [5, 5.41) is 4.62. The molecule has 1 aromatic rings. The van der Waals surface area contributed by atoms with Crippen LogP contribution >= 0.6 is 23.2 Å². The molecule has 0 unspecified atom stereocenters. The Morgan fingerprint density at radius 2 is 2.14 bits per heavy atom. The number of carbonyl (C=O) groups excluding carboxylic acids is 1. The number of rotatable bonds is 2. The molecule has 1 aliphatic rings. The normalized spacial score (nSPS) is 19.1. The van der Waals surface area contributed by atoms with Crippen molar-refractivity contribution in [3.05, 3.63) is 33.8 Å². The lowest BCUT2D eigenvalue weighted by atomic mass is 10.0. The second kappa shape index (κ2) is 7.07. The molecule has 0 radical (unpaired) electrons. The molecule has 0 bridgehead atoms. The van der Waals surface area contributed by atoms with Crippen LogP contribution in [0.4, 0.5) is 4.79 Å². The van der Waals surface area contributed by atoms with E-state index in [9.17, 15) is 4.79 Å². The predicted molar refractivity (Wildman–Crippen MR) is 89.8 cm³/mol. The number of nitrogens with zero attached hydrogens (tertiary/aromatic N) is 1. The van der Waals surface area contributed by atoms with Crippen molar-refractivity contribution in [2.75, 3.05) is 19.6 Å². The van der Waals surface area contributed by atoms with Crippen LogP contribution in [0.1, 0.15) is 26.3 Å². The third-order valence-corrected chi connectivity index (χ3v) is 4.05. The molecule has 1 aliphatic heterocycles. The number of benzene rings is 1. The van der Waals surface area contributed by atoms with Crippen LogP contribution in [-0.4, -0.2) is 42.3 Å². The van der Waals surface area contributed by atoms with Crippen molar-refractivity contribution in [3.63, 3.8) is 0 Å². The van der Waals surface area contributed by atoms with Crippen LogP contribution in [0, 0.1) is 0 Å². The molecule has 1 saturated heterocycles. The summed E-state index contributed by atoms with van der Waals surface area (Å²) in [6.45, 7) is 7.71. The molecule has 122 valence electrons. The molecule has 1 amide bonds. The lowest BCUT2D eigenvalue weighted by molar-refractivity contribution is 0.0122. The van der Waals surface area contributed by atoms with E-state index in [1.54, 1.807) is 17.0 Å². The predicted octanol–water partition coefficient (Wildman–Crippen LogP) is 3.74. The number of nitrogens with one attached hydrogen (secondary N) is 1. The SMILES string of the molecule is CC(C)(C)OC(=O)N1CCNC[C@@H]1Cc1cc(Cl)ccc1Cl. The summed E-state index contributed by atoms with van der Waals surface area (Å²) in [6, 6.07) is 5.40. The summed E-state index contributed by atoms with van der Waals surface area (Å²) in [5.41, 5.74) is 0.441. The van der Waals surface area contributed by atoms with Gasteiger partial charge in [-0.25, -0.2) is 4.79 Å². The minimum atomic E-state index is -0.500. The van der Waals surface area contributed by atoms with E-state index in [2.05, 4.69) is 5.32 Å². The second-order valence-corrected chi connectivity index (χ2v) is 7.32. The van der Waals surface area contributed by atoms with Crippen LogP contribution in [-0.2, 0) is 11.2 Å². The average molecular weight is 345 g/mol. The molecule has 1 N–H and O–H groups in total. The molecule has 0 spiro atoms. The Kier molecular flexibility index (Phi) is 5.59. The second-order valence-electron chi connectivity index (χ2n) is 6.47. The summed E-state index contributed by atoms with van der Waals surface area (Å²) in [6.07, 6.45) is 0.364. The van der Waals surface area contributed by atoms with E-state index in [0.717, 1.165) is 12.1 Å². The first-order valence-corrected chi connectivity index (χ1v) is 8.16. The van der Waals surface area contributed by atoms with Crippen LogP contribution in [0.2, 0.25) is 10.0 Å². The standard InChI is InChI=1S/C16H22Cl2N2O2/c1-16(2,3)22-15(21)20-7-6-19-10-13(20)9-11-8-12(17)4-5-14(11)18/h4-5,8,13,19H,6-7,9-10H2,1-3H3/t13-/m0/s1. The molecule has 0 aromatic heterocycles. The quantitative estimate of drug-likeness (QED) is 0.888. The smallest absolute Gasteiger partial charge is 0.410 e. The van der Waals surface area contributed by atoms with Crippen molar-refractivity contribution in [2.45, 2.75) is 38.8 Å². The number of hydrogen-bond acceptors (Lipinski definition) is 3. The third kappa shape index (κ3) is 4.77. The Hall–Kier alpha value is -0.970. The van der Waals surface area contributed by atoms with E-state index in [-0.39, 0.29) is 12.1 Å². The molecule has 2 rings (SSSR count). The highest BCUT2D eigenvalue weighted by atomic mass is 35.5. The minimum Gasteiger partial charge on any atom is -0.444 e. The van der Waals surface area contributed by atoms with E-state index in [1.165, 1.54) is 0 Å². The molecule has 1 atom stereocenters. The van der Waals surface area contributed by atoms with Gasteiger partial charge in [0, 0.05) is 29.7 Å². The van der Waals surface area contributed by atoms with Crippen molar-refractivity contribution in [1.82, 2.24) is 10.2 Å². The monoisotopic (exact) mass is 344 g/mol. The maximum absolute atomic E-state index is 12.4. The molecule has 0 aliphatic carbocycles. The van der Waals surface area contributed by atoms with Gasteiger partial charge in [-0.15, -0.1) is 0 Å². The molecule has 1 aromatic carbocycles. The molecular formula is C16H22Cl2N2O2. The van der Waals surface area contributed by atoms with Gasteiger partial charge in [-0.3, -0.25) is 0 Å². The van der Waals surface area contributed by atoms with Crippen LogP contribution < -0.4 is 5.32 Å². The van der Waals surface area contributed by atoms with Gasteiger partial charge in [0.25, 0.3) is 0 Å². The van der Waals surface area contributed by atoms with Crippen molar-refractivity contribution in [3.8, 4) is 0 Å². The van der Waals surface area contributed by atoms with E-state index in [1.807, 2.05) is 26.8 Å². The summed E-state index contributed by atoms with van der Waals surface area (Å²) in [4.78, 5) is 14.2. The highest BCUT2D eigenvalue weighted by molar-refractivity contribution is 6.33. The van der Waals surface area contributed by atoms with Gasteiger partial charge < -0.3 is 15.0 Å². The summed E-state index contributed by atoms with van der Waals surface area (Å²) in [7, 11) is 0. The number of piperazine rings is 1. The highest BCUT2D eigenvalue weighted by Crippen LogP contribution is 2.24. The van der Waals surface area contributed by atoms with Crippen molar-refractivity contribution in [2.24, 2.45) is 0 Å². The van der Waals surface area contributed by atoms with Gasteiger partial charge in [0.05, 0.1) is 6.04 Å². The summed E-state index contributed by atoms with van der Waals surface area (Å²) in [5.74, 6) is 0. The van der Waals surface area contributed by atoms with Gasteiger partial charge in [0.15, 0.2) is 0 Å². The topological polar surface area (TPSA) is 41.6 Å². The number of amides is 1. The maximum atomic E-state index is 12.4. The highest BCUT2D eigenvalue weighted by Gasteiger charge is 2.30. The van der Waals surface area contributed by atoms with Gasteiger partial charge in [-0.05, 0) is 51.0 Å². The number of carbonyl (C=O) groups is 1. The zero-order valence-corrected chi connectivity index (χ0v) is 14.7. The first-order chi connectivity index (χ1) is 10.3. The fraction of sp³-hybridized carbons (Fsp3) is 0.562. The van der Waals surface area contributed by atoms with Crippen LogP contribution in [0.15, 0.2) is 18.2 Å². The Balaban J connectivity index is 2.13. The lowest BCUT2D eigenvalue weighted by Crippen LogP contribution is -2.55. The molecule has 4 nitrogen and oxygen atoms in total. The van der Waals surface area contributed by atoms with Crippen LogP contribution in [0.25, 0.3) is 0 Å². The van der Waals surface area contributed by atoms with Crippen molar-refractivity contribution >= 4 is 29.3 Å². The Bertz CT molecular complexity index is 543. The van der Waals surface area contributed by atoms with Gasteiger partial charge in [0.2, 0.25) is 0 Å². The van der Waals surface area contributed by atoms with Crippen LogP contribution in [0.5, 0.6) is 0 Å². The Morgan fingerprint density at radius 3 is 2.82 bits per heavy atom. The summed E-state index contributed by atoms with van der Waals surface area (Å²) < 4.78 is 5.50. The molecule has 0 saturated carbocycles.